The smallest absolute Gasteiger partial charge is 0.216 e. The van der Waals surface area contributed by atoms with Gasteiger partial charge in [-0.25, -0.2) is 0 Å². The number of piperazine rings is 1. The van der Waals surface area contributed by atoms with Gasteiger partial charge in [0.1, 0.15) is 32.5 Å². The summed E-state index contributed by atoms with van der Waals surface area (Å²) in [6.45, 7) is 9.57. The molecule has 0 aromatic heterocycles. The molecule has 21 heavy (non-hydrogen) atoms. The number of carbonyl (C=O) groups excluding carboxylic acids is 2. The van der Waals surface area contributed by atoms with Crippen LogP contribution in [0.25, 0.3) is 0 Å². The normalized spacial score (nSPS) is 29.1. The molecule has 0 spiro atoms. The molecule has 1 rings (SSSR count). The highest BCUT2D eigenvalue weighted by atomic mass is 16.1. The molecule has 1 aliphatic rings. The molecule has 0 radical (unpaired) electrons. The van der Waals surface area contributed by atoms with Crippen LogP contribution in [0.3, 0.4) is 0 Å². The molecule has 0 bridgehead atoms. The number of aldehydes is 1. The van der Waals surface area contributed by atoms with E-state index < -0.39 is 0 Å². The molecule has 1 heterocycles. The lowest BCUT2D eigenvalue weighted by Crippen LogP contribution is -2.64. The summed E-state index contributed by atoms with van der Waals surface area (Å²) in [7, 11) is 4.69. The Balaban J connectivity index is 2.25. The molecule has 0 saturated carbocycles. The van der Waals surface area contributed by atoms with Gasteiger partial charge in [-0.05, 0) is 12.8 Å². The molecule has 122 valence electrons. The van der Waals surface area contributed by atoms with E-state index in [1.807, 2.05) is 0 Å². The van der Waals surface area contributed by atoms with Crippen molar-refractivity contribution in [2.75, 3.05) is 59.9 Å². The molecule has 1 N–H and O–H groups in total. The first-order chi connectivity index (χ1) is 9.89. The Hall–Kier alpha value is -0.940. The lowest BCUT2D eigenvalue weighted by molar-refractivity contribution is -1.02. The van der Waals surface area contributed by atoms with Gasteiger partial charge in [0.15, 0.2) is 0 Å². The third-order valence-corrected chi connectivity index (χ3v) is 4.88. The SMILES string of the molecule is CC(=O)NCCC[N+]1(C)CC[N+](C)(CCCCC=O)CC1. The Bertz CT molecular complexity index is 336. The van der Waals surface area contributed by atoms with Crippen LogP contribution in [0.1, 0.15) is 32.6 Å². The number of quaternary nitrogens is 2. The minimum atomic E-state index is 0.0656. The number of unbranched alkanes of at least 4 members (excludes halogenated alkanes) is 2. The summed E-state index contributed by atoms with van der Waals surface area (Å²) in [5.41, 5.74) is 0. The summed E-state index contributed by atoms with van der Waals surface area (Å²) in [5.74, 6) is 0.0656. The van der Waals surface area contributed by atoms with Crippen molar-refractivity contribution in [3.8, 4) is 0 Å². The first kappa shape index (κ1) is 18.1. The van der Waals surface area contributed by atoms with Gasteiger partial charge in [-0.1, -0.05) is 0 Å². The quantitative estimate of drug-likeness (QED) is 0.389. The van der Waals surface area contributed by atoms with Gasteiger partial charge in [0.25, 0.3) is 0 Å². The summed E-state index contributed by atoms with van der Waals surface area (Å²) in [5, 5.41) is 2.88. The third kappa shape index (κ3) is 7.05. The number of hydrogen-bond donors (Lipinski definition) is 1. The van der Waals surface area contributed by atoms with E-state index in [0.717, 1.165) is 47.6 Å². The van der Waals surface area contributed by atoms with Crippen molar-refractivity contribution < 1.29 is 18.6 Å². The summed E-state index contributed by atoms with van der Waals surface area (Å²) >= 11 is 0. The van der Waals surface area contributed by atoms with E-state index in [-0.39, 0.29) is 5.91 Å². The number of carbonyl (C=O) groups is 2. The second-order valence-electron chi connectivity index (χ2n) is 7.08. The molecule has 1 aliphatic heterocycles. The van der Waals surface area contributed by atoms with E-state index in [2.05, 4.69) is 19.4 Å². The zero-order valence-electron chi connectivity index (χ0n) is 14.1. The van der Waals surface area contributed by atoms with Crippen molar-refractivity contribution in [2.24, 2.45) is 0 Å². The average Bonchev–Trinajstić information content (AvgIpc) is 2.44. The Morgan fingerprint density at radius 1 is 1.00 bits per heavy atom. The summed E-state index contributed by atoms with van der Waals surface area (Å²) < 4.78 is 2.28. The predicted octanol–water partition coefficient (Wildman–Crippen LogP) is 0.789. The minimum absolute atomic E-state index is 0.0656. The molecule has 1 amide bonds. The summed E-state index contributed by atoms with van der Waals surface area (Å²) in [6.07, 6.45) is 4.97. The van der Waals surface area contributed by atoms with Gasteiger partial charge >= 0.3 is 0 Å². The predicted molar refractivity (Wildman–Crippen MR) is 84.8 cm³/mol. The Morgan fingerprint density at radius 2 is 1.52 bits per heavy atom. The maximum atomic E-state index is 10.9. The monoisotopic (exact) mass is 299 g/mol. The van der Waals surface area contributed by atoms with Crippen molar-refractivity contribution in [1.82, 2.24) is 5.32 Å². The minimum Gasteiger partial charge on any atom is -0.356 e. The average molecular weight is 299 g/mol. The standard InChI is InChI=1S/C16H32N3O2/c1-16(21)17-8-7-10-19(3)13-11-18(2,12-14-19)9-5-4-6-15-20/h15H,4-14H2,1-3H3/q+1/p+1. The fourth-order valence-electron chi connectivity index (χ4n) is 3.08. The highest BCUT2D eigenvalue weighted by molar-refractivity contribution is 5.72. The Labute approximate surface area is 129 Å². The number of nitrogens with zero attached hydrogens (tertiary/aromatic N) is 2. The number of likely N-dealkylation sites (N-methyl/N-ethyl adjacent to an activating group) is 2. The maximum Gasteiger partial charge on any atom is 0.216 e. The molecule has 0 aromatic carbocycles. The van der Waals surface area contributed by atoms with Crippen molar-refractivity contribution in [1.29, 1.82) is 0 Å². The molecule has 1 saturated heterocycles. The van der Waals surface area contributed by atoms with Crippen LogP contribution < -0.4 is 5.32 Å². The number of hydrogen-bond acceptors (Lipinski definition) is 2. The van der Waals surface area contributed by atoms with E-state index in [9.17, 15) is 9.59 Å². The second-order valence-corrected chi connectivity index (χ2v) is 7.08. The van der Waals surface area contributed by atoms with Gasteiger partial charge in [-0.2, -0.15) is 0 Å². The Morgan fingerprint density at radius 3 is 2.00 bits per heavy atom. The van der Waals surface area contributed by atoms with Crippen LogP contribution in [-0.2, 0) is 9.59 Å². The lowest BCUT2D eigenvalue weighted by atomic mass is 10.1. The lowest BCUT2D eigenvalue weighted by Gasteiger charge is -2.46. The van der Waals surface area contributed by atoms with E-state index in [4.69, 9.17) is 0 Å². The largest absolute Gasteiger partial charge is 0.356 e. The van der Waals surface area contributed by atoms with Crippen LogP contribution in [0.5, 0.6) is 0 Å². The molecule has 1 fully saturated rings. The first-order valence-corrected chi connectivity index (χ1v) is 8.24. The second kappa shape index (κ2) is 8.49. The van der Waals surface area contributed by atoms with E-state index >= 15 is 0 Å². The molecule has 0 atom stereocenters. The fraction of sp³-hybridized carbons (Fsp3) is 0.875. The van der Waals surface area contributed by atoms with Crippen molar-refractivity contribution in [3.63, 3.8) is 0 Å². The van der Waals surface area contributed by atoms with Crippen LogP contribution >= 0.6 is 0 Å². The zero-order chi connectivity index (χ0) is 15.8. The Kier molecular flexibility index (Phi) is 7.32. The summed E-state index contributed by atoms with van der Waals surface area (Å²) in [6, 6.07) is 0. The van der Waals surface area contributed by atoms with E-state index in [1.165, 1.54) is 32.7 Å². The highest BCUT2D eigenvalue weighted by Gasteiger charge is 2.36. The van der Waals surface area contributed by atoms with Crippen LogP contribution in [-0.4, -0.2) is 81.1 Å². The van der Waals surface area contributed by atoms with Gasteiger partial charge in [0.2, 0.25) is 5.91 Å². The molecule has 5 nitrogen and oxygen atoms in total. The van der Waals surface area contributed by atoms with Crippen LogP contribution in [0.2, 0.25) is 0 Å². The van der Waals surface area contributed by atoms with E-state index in [1.54, 1.807) is 6.92 Å². The number of rotatable bonds is 9. The molecule has 0 aliphatic carbocycles. The zero-order valence-corrected chi connectivity index (χ0v) is 14.1. The van der Waals surface area contributed by atoms with Crippen LogP contribution in [0, 0.1) is 0 Å². The number of amides is 1. The third-order valence-electron chi connectivity index (χ3n) is 4.88. The molecule has 0 unspecified atom stereocenters. The molecular formula is C16H33N3O2+2. The van der Waals surface area contributed by atoms with Crippen molar-refractivity contribution in [2.45, 2.75) is 32.6 Å². The van der Waals surface area contributed by atoms with Crippen LogP contribution in [0.15, 0.2) is 0 Å². The highest BCUT2D eigenvalue weighted by Crippen LogP contribution is 2.17. The molecule has 0 aromatic rings. The summed E-state index contributed by atoms with van der Waals surface area (Å²) in [4.78, 5) is 21.2. The van der Waals surface area contributed by atoms with Gasteiger partial charge in [0.05, 0.1) is 27.2 Å². The van der Waals surface area contributed by atoms with Gasteiger partial charge in [0, 0.05) is 26.3 Å². The van der Waals surface area contributed by atoms with Gasteiger partial charge in [-0.15, -0.1) is 0 Å². The fourth-order valence-corrected chi connectivity index (χ4v) is 3.08. The first-order valence-electron chi connectivity index (χ1n) is 8.24. The maximum absolute atomic E-state index is 10.9. The van der Waals surface area contributed by atoms with Crippen molar-refractivity contribution >= 4 is 12.2 Å². The molecular weight excluding hydrogens is 266 g/mol. The van der Waals surface area contributed by atoms with Gasteiger partial charge < -0.3 is 19.1 Å². The number of nitrogens with one attached hydrogen (secondary N) is 1. The van der Waals surface area contributed by atoms with Crippen molar-refractivity contribution in [3.05, 3.63) is 0 Å². The van der Waals surface area contributed by atoms with E-state index in [0.29, 0.717) is 6.42 Å². The van der Waals surface area contributed by atoms with Gasteiger partial charge in [-0.3, -0.25) is 4.79 Å². The molecule has 5 heteroatoms. The van der Waals surface area contributed by atoms with Crippen LogP contribution in [0.4, 0.5) is 0 Å². The topological polar surface area (TPSA) is 46.2 Å².